The van der Waals surface area contributed by atoms with Crippen LogP contribution >= 0.6 is 7.82 Å². The summed E-state index contributed by atoms with van der Waals surface area (Å²) in [5.41, 5.74) is 0. The summed E-state index contributed by atoms with van der Waals surface area (Å²) < 4.78 is 33.5. The molecule has 66 heavy (non-hydrogen) atoms. The van der Waals surface area contributed by atoms with Crippen molar-refractivity contribution in [3.63, 3.8) is 0 Å². The molecule has 0 spiro atoms. The third-order valence-electron chi connectivity index (χ3n) is 11.1. The predicted molar refractivity (Wildman–Crippen MR) is 259 cm³/mol. The number of aliphatic hydroxyl groups is 6. The first-order valence-corrected chi connectivity index (χ1v) is 26.3. The van der Waals surface area contributed by atoms with Crippen LogP contribution in [-0.4, -0.2) is 110 Å². The van der Waals surface area contributed by atoms with E-state index < -0.39 is 75.7 Å². The number of esters is 2. The highest BCUT2D eigenvalue weighted by atomic mass is 31.2. The summed E-state index contributed by atoms with van der Waals surface area (Å²) in [6.45, 7) is 3.07. The monoisotopic (exact) mass is 955 g/mol. The summed E-state index contributed by atoms with van der Waals surface area (Å²) in [6.07, 6.45) is 34.2. The van der Waals surface area contributed by atoms with Crippen LogP contribution in [0.2, 0.25) is 0 Å². The Labute approximate surface area is 396 Å². The number of carbonyl (C=O) groups excluding carboxylic acids is 2. The van der Waals surface area contributed by atoms with Gasteiger partial charge in [0.2, 0.25) is 0 Å². The molecule has 0 bridgehead atoms. The highest BCUT2D eigenvalue weighted by Gasteiger charge is 2.51. The number of phosphoric acid groups is 1. The van der Waals surface area contributed by atoms with Crippen molar-refractivity contribution < 1.29 is 68.2 Å². The van der Waals surface area contributed by atoms with Crippen molar-refractivity contribution in [3.8, 4) is 0 Å². The zero-order valence-electron chi connectivity index (χ0n) is 40.1. The third kappa shape index (κ3) is 32.1. The van der Waals surface area contributed by atoms with Gasteiger partial charge in [0, 0.05) is 12.8 Å². The predicted octanol–water partition coefficient (Wildman–Crippen LogP) is 9.25. The lowest BCUT2D eigenvalue weighted by atomic mass is 9.85. The molecule has 1 rings (SSSR count). The molecule has 1 fully saturated rings. The van der Waals surface area contributed by atoms with Crippen molar-refractivity contribution in [2.24, 2.45) is 0 Å². The molecule has 1 aliphatic carbocycles. The molecule has 0 aromatic carbocycles. The zero-order valence-corrected chi connectivity index (χ0v) is 41.0. The number of phosphoric ester groups is 1. The molecular weight excluding hydrogens is 868 g/mol. The first kappa shape index (κ1) is 61.3. The van der Waals surface area contributed by atoms with Crippen molar-refractivity contribution in [3.05, 3.63) is 72.9 Å². The lowest BCUT2D eigenvalue weighted by Crippen LogP contribution is -2.64. The molecule has 0 heterocycles. The van der Waals surface area contributed by atoms with E-state index in [1.807, 2.05) is 24.3 Å². The standard InChI is InChI=1S/C51H87O14P/c1-3-5-7-8-9-10-11-12-13-14-15-16-17-18-23-26-29-32-35-39-45(54)64-43(41-63-66(60,61)65-51-49(58)47(56)46(55)48(57)50(51)59)40-62-44(53)38-34-31-28-25-22-20-19-21-24-27-30-33-37-42(52)36-6-4-2/h9-10,12-13,19-20,24-25,27-28,33,37,42-43,46-52,55-59H,3-8,11,14-18,21-23,26,29-32,34-36,38-41H2,1-2H3,(H,60,61)/b10-9-,13-12-,20-19-,27-24-,28-25-,37-33-/t42-,43+,46?,47-,48+,49+,50+,51?/m0/s1. The fraction of sp³-hybridized carbons (Fsp3) is 0.725. The van der Waals surface area contributed by atoms with Gasteiger partial charge < -0.3 is 45.0 Å². The maximum atomic E-state index is 12.8. The van der Waals surface area contributed by atoms with Crippen LogP contribution in [0.5, 0.6) is 0 Å². The van der Waals surface area contributed by atoms with Gasteiger partial charge in [-0.2, -0.15) is 0 Å². The Morgan fingerprint density at radius 2 is 0.970 bits per heavy atom. The molecule has 0 aliphatic heterocycles. The van der Waals surface area contributed by atoms with Gasteiger partial charge in [0.1, 0.15) is 43.2 Å². The molecule has 0 radical (unpaired) electrons. The summed E-state index contributed by atoms with van der Waals surface area (Å²) in [5.74, 6) is -1.20. The van der Waals surface area contributed by atoms with E-state index >= 15 is 0 Å². The quantitative estimate of drug-likeness (QED) is 0.0131. The highest BCUT2D eigenvalue weighted by Crippen LogP contribution is 2.47. The lowest BCUT2D eigenvalue weighted by Gasteiger charge is -2.41. The molecular formula is C51H87O14P. The lowest BCUT2D eigenvalue weighted by molar-refractivity contribution is -0.220. The minimum atomic E-state index is -5.15. The van der Waals surface area contributed by atoms with Crippen molar-refractivity contribution in [2.45, 2.75) is 223 Å². The molecule has 3 unspecified atom stereocenters. The van der Waals surface area contributed by atoms with Gasteiger partial charge in [0.15, 0.2) is 6.10 Å². The fourth-order valence-electron chi connectivity index (χ4n) is 7.03. The van der Waals surface area contributed by atoms with Gasteiger partial charge in [-0.25, -0.2) is 4.57 Å². The van der Waals surface area contributed by atoms with E-state index in [0.29, 0.717) is 19.3 Å². The van der Waals surface area contributed by atoms with Gasteiger partial charge in [0.05, 0.1) is 12.7 Å². The Hall–Kier alpha value is -2.75. The number of carbonyl (C=O) groups is 2. The van der Waals surface area contributed by atoms with Gasteiger partial charge in [-0.1, -0.05) is 157 Å². The minimum Gasteiger partial charge on any atom is -0.462 e. The molecule has 0 amide bonds. The summed E-state index contributed by atoms with van der Waals surface area (Å²) in [7, 11) is -5.15. The number of ether oxygens (including phenoxy) is 2. The SMILES string of the molecule is CCCCC/C=C\C/C=C\CCCCCCCCCCCC(=O)O[C@H](COC(=O)CCC/C=C\C/C=C\C/C=C\C/C=C\[C@@H](O)CCCC)COP(=O)(O)OC1[C@H](O)[C@H](O)C(O)[C@H](O)[C@H]1O. The molecule has 7 N–H and O–H groups in total. The molecule has 1 aliphatic rings. The first-order chi connectivity index (χ1) is 31.8. The second-order valence-corrected chi connectivity index (χ2v) is 18.5. The van der Waals surface area contributed by atoms with Crippen molar-refractivity contribution in [2.75, 3.05) is 13.2 Å². The number of unbranched alkanes of at least 4 members (excludes halogenated alkanes) is 14. The van der Waals surface area contributed by atoms with Crippen LogP contribution in [0.3, 0.4) is 0 Å². The maximum absolute atomic E-state index is 12.8. The summed E-state index contributed by atoms with van der Waals surface area (Å²) >= 11 is 0. The van der Waals surface area contributed by atoms with Crippen molar-refractivity contribution in [1.82, 2.24) is 0 Å². The second-order valence-electron chi connectivity index (χ2n) is 17.1. The fourth-order valence-corrected chi connectivity index (χ4v) is 8.01. The topological polar surface area (TPSA) is 230 Å². The van der Waals surface area contributed by atoms with Gasteiger partial charge in [-0.3, -0.25) is 18.6 Å². The van der Waals surface area contributed by atoms with E-state index in [1.54, 1.807) is 0 Å². The first-order valence-electron chi connectivity index (χ1n) is 24.8. The average Bonchev–Trinajstić information content (AvgIpc) is 3.30. The number of aliphatic hydroxyl groups excluding tert-OH is 6. The zero-order chi connectivity index (χ0) is 48.7. The second kappa shape index (κ2) is 40.2. The normalized spacial score (nSPS) is 22.4. The Morgan fingerprint density at radius 1 is 0.530 bits per heavy atom. The molecule has 1 saturated carbocycles. The van der Waals surface area contributed by atoms with E-state index in [-0.39, 0.29) is 18.9 Å². The Morgan fingerprint density at radius 3 is 1.52 bits per heavy atom. The van der Waals surface area contributed by atoms with Crippen LogP contribution < -0.4 is 0 Å². The molecule has 9 atom stereocenters. The summed E-state index contributed by atoms with van der Waals surface area (Å²) in [4.78, 5) is 35.8. The number of rotatable bonds is 40. The summed E-state index contributed by atoms with van der Waals surface area (Å²) in [6, 6.07) is 0. The van der Waals surface area contributed by atoms with Gasteiger partial charge >= 0.3 is 19.8 Å². The summed E-state index contributed by atoms with van der Waals surface area (Å²) in [5, 5.41) is 60.1. The van der Waals surface area contributed by atoms with E-state index in [9.17, 15) is 49.7 Å². The van der Waals surface area contributed by atoms with Crippen LogP contribution in [0.4, 0.5) is 0 Å². The van der Waals surface area contributed by atoms with Crippen LogP contribution in [0.1, 0.15) is 174 Å². The largest absolute Gasteiger partial charge is 0.472 e. The molecule has 0 aromatic rings. The smallest absolute Gasteiger partial charge is 0.462 e. The van der Waals surface area contributed by atoms with E-state index in [4.69, 9.17) is 18.5 Å². The highest BCUT2D eigenvalue weighted by molar-refractivity contribution is 7.47. The van der Waals surface area contributed by atoms with E-state index in [1.165, 1.54) is 51.4 Å². The van der Waals surface area contributed by atoms with Crippen LogP contribution in [-0.2, 0) is 32.7 Å². The van der Waals surface area contributed by atoms with E-state index in [2.05, 4.69) is 62.5 Å². The van der Waals surface area contributed by atoms with Gasteiger partial charge in [-0.05, 0) is 77.0 Å². The Kier molecular flexibility index (Phi) is 37.3. The van der Waals surface area contributed by atoms with Gasteiger partial charge in [0.25, 0.3) is 0 Å². The van der Waals surface area contributed by atoms with E-state index in [0.717, 1.165) is 77.0 Å². The number of hydrogen-bond donors (Lipinski definition) is 7. The number of allylic oxidation sites excluding steroid dienone is 11. The van der Waals surface area contributed by atoms with Crippen LogP contribution in [0.15, 0.2) is 72.9 Å². The minimum absolute atomic E-state index is 0.0688. The Bertz CT molecular complexity index is 1450. The van der Waals surface area contributed by atoms with Gasteiger partial charge in [-0.15, -0.1) is 0 Å². The number of hydrogen-bond acceptors (Lipinski definition) is 13. The molecule has 14 nitrogen and oxygen atoms in total. The van der Waals surface area contributed by atoms with Crippen LogP contribution in [0, 0.1) is 0 Å². The third-order valence-corrected chi connectivity index (χ3v) is 12.1. The van der Waals surface area contributed by atoms with Crippen molar-refractivity contribution >= 4 is 19.8 Å². The van der Waals surface area contributed by atoms with Crippen molar-refractivity contribution in [1.29, 1.82) is 0 Å². The maximum Gasteiger partial charge on any atom is 0.472 e. The molecule has 15 heteroatoms. The molecule has 380 valence electrons. The van der Waals surface area contributed by atoms with Crippen LogP contribution in [0.25, 0.3) is 0 Å². The Balaban J connectivity index is 2.48. The molecule has 0 aromatic heterocycles. The molecule has 0 saturated heterocycles. The average molecular weight is 955 g/mol.